The second kappa shape index (κ2) is 10.1. The van der Waals surface area contributed by atoms with Gasteiger partial charge >= 0.3 is 5.97 Å². The highest BCUT2D eigenvalue weighted by atomic mass is 16.6. The van der Waals surface area contributed by atoms with E-state index in [0.29, 0.717) is 34.0 Å². The van der Waals surface area contributed by atoms with E-state index in [9.17, 15) is 9.59 Å². The first kappa shape index (κ1) is 26.8. The zero-order valence-electron chi connectivity index (χ0n) is 23.1. The van der Waals surface area contributed by atoms with Crippen LogP contribution in [0.25, 0.3) is 11.5 Å². The van der Waals surface area contributed by atoms with Gasteiger partial charge in [0, 0.05) is 18.0 Å². The molecule has 2 aromatic carbocycles. The van der Waals surface area contributed by atoms with Crippen LogP contribution < -0.4 is 15.4 Å². The van der Waals surface area contributed by atoms with Gasteiger partial charge in [-0.3, -0.25) is 4.79 Å². The molecule has 0 bridgehead atoms. The Balaban J connectivity index is 1.51. The molecule has 40 heavy (non-hydrogen) atoms. The smallest absolute Gasteiger partial charge is 0.333 e. The molecule has 11 nitrogen and oxygen atoms in total. The summed E-state index contributed by atoms with van der Waals surface area (Å²) in [6.45, 7) is 10.6. The van der Waals surface area contributed by atoms with Gasteiger partial charge in [0.05, 0.1) is 5.56 Å². The molecule has 0 saturated heterocycles. The number of carbonyl (C=O) groups excluding carboxylic acids is 2. The summed E-state index contributed by atoms with van der Waals surface area (Å²) >= 11 is 0. The Morgan fingerprint density at radius 1 is 1.05 bits per heavy atom. The highest BCUT2D eigenvalue weighted by molar-refractivity contribution is 6.07. The third-order valence-corrected chi connectivity index (χ3v) is 6.00. The van der Waals surface area contributed by atoms with Crippen LogP contribution in [0.5, 0.6) is 5.75 Å². The van der Waals surface area contributed by atoms with Crippen LogP contribution in [0.2, 0.25) is 0 Å². The number of hydrogen-bond donors (Lipinski definition) is 2. The van der Waals surface area contributed by atoms with Crippen LogP contribution >= 0.6 is 0 Å². The summed E-state index contributed by atoms with van der Waals surface area (Å²) in [6.07, 6.45) is 1.53. The number of fused-ring (bicyclic) bond motifs is 1. The maximum Gasteiger partial charge on any atom is 0.333 e. The molecule has 0 radical (unpaired) electrons. The molecule has 0 fully saturated rings. The van der Waals surface area contributed by atoms with Gasteiger partial charge in [-0.25, -0.2) is 9.78 Å². The molecule has 0 spiro atoms. The average molecular weight is 543 g/mol. The number of Topliss-reactive ketones (excluding diaryl/α,β-unsaturated/α-hetero) is 1. The van der Waals surface area contributed by atoms with Crippen molar-refractivity contribution in [1.29, 1.82) is 0 Å². The van der Waals surface area contributed by atoms with Crippen molar-refractivity contribution in [2.45, 2.75) is 58.8 Å². The number of nitrogens with zero attached hydrogens (tertiary/aromatic N) is 4. The van der Waals surface area contributed by atoms with E-state index < -0.39 is 23.2 Å². The van der Waals surface area contributed by atoms with Crippen molar-refractivity contribution >= 4 is 29.2 Å². The second-order valence-electron chi connectivity index (χ2n) is 10.9. The predicted octanol–water partition coefficient (Wildman–Crippen LogP) is 5.43. The van der Waals surface area contributed by atoms with Gasteiger partial charge in [-0.2, -0.15) is 9.97 Å². The molecule has 4 aromatic rings. The first-order valence-corrected chi connectivity index (χ1v) is 12.8. The summed E-state index contributed by atoms with van der Waals surface area (Å²) in [5, 5.41) is 10.2. The lowest BCUT2D eigenvalue weighted by molar-refractivity contribution is -0.156. The van der Waals surface area contributed by atoms with Crippen molar-refractivity contribution in [3.8, 4) is 17.2 Å². The Morgan fingerprint density at radius 3 is 2.48 bits per heavy atom. The first-order chi connectivity index (χ1) is 18.9. The minimum absolute atomic E-state index is 0.0786. The molecule has 0 amide bonds. The number of rotatable bonds is 7. The number of ether oxygens (including phenoxy) is 2. The van der Waals surface area contributed by atoms with Crippen molar-refractivity contribution in [2.24, 2.45) is 0 Å². The average Bonchev–Trinajstić information content (AvgIpc) is 3.41. The molecule has 1 aliphatic heterocycles. The monoisotopic (exact) mass is 542 g/mol. The molecule has 0 unspecified atom stereocenters. The molecule has 206 valence electrons. The number of aryl methyl sites for hydroxylation is 1. The summed E-state index contributed by atoms with van der Waals surface area (Å²) < 4.78 is 16.9. The highest BCUT2D eigenvalue weighted by Crippen LogP contribution is 2.37. The number of benzene rings is 2. The Morgan fingerprint density at radius 2 is 1.80 bits per heavy atom. The van der Waals surface area contributed by atoms with Gasteiger partial charge in [-0.1, -0.05) is 35.5 Å². The summed E-state index contributed by atoms with van der Waals surface area (Å²) in [7, 11) is 0. The van der Waals surface area contributed by atoms with E-state index in [1.54, 1.807) is 59.7 Å². The summed E-state index contributed by atoms with van der Waals surface area (Å²) in [4.78, 5) is 39.3. The van der Waals surface area contributed by atoms with E-state index in [1.165, 1.54) is 6.20 Å². The standard InChI is InChI=1S/C29H30N6O5/c1-16-31-25(40-35-16)20-15-30-27(32-18-12-13-19-21(14-18)38-29(5,6)23(19)36)34-24(20)33-22(17-10-8-7-9-11-17)26(37)39-28(2,3)4/h7-15,22H,1-6H3,(H2,30,32,33,34)/t22-/m0/s1. The summed E-state index contributed by atoms with van der Waals surface area (Å²) in [6, 6.07) is 13.5. The topological polar surface area (TPSA) is 141 Å². The van der Waals surface area contributed by atoms with E-state index in [2.05, 4.69) is 30.7 Å². The van der Waals surface area contributed by atoms with Gasteiger partial charge in [0.2, 0.25) is 11.7 Å². The Hall–Kier alpha value is -4.80. The van der Waals surface area contributed by atoms with Gasteiger partial charge in [0.15, 0.2) is 17.5 Å². The summed E-state index contributed by atoms with van der Waals surface area (Å²) in [5.41, 5.74) is 0.586. The van der Waals surface area contributed by atoms with Crippen molar-refractivity contribution in [3.05, 3.63) is 71.7 Å². The molecule has 0 saturated carbocycles. The second-order valence-corrected chi connectivity index (χ2v) is 10.9. The fraction of sp³-hybridized carbons (Fsp3) is 0.310. The van der Waals surface area contributed by atoms with Crippen molar-refractivity contribution in [2.75, 3.05) is 10.6 Å². The number of hydrogen-bond acceptors (Lipinski definition) is 11. The quantitative estimate of drug-likeness (QED) is 0.289. The van der Waals surface area contributed by atoms with E-state index >= 15 is 0 Å². The van der Waals surface area contributed by atoms with Crippen molar-refractivity contribution in [3.63, 3.8) is 0 Å². The molecular weight excluding hydrogens is 512 g/mol. The van der Waals surface area contributed by atoms with Crippen LogP contribution in [0.15, 0.2) is 59.3 Å². The van der Waals surface area contributed by atoms with E-state index in [0.717, 1.165) is 0 Å². The number of aromatic nitrogens is 4. The fourth-order valence-electron chi connectivity index (χ4n) is 4.18. The minimum Gasteiger partial charge on any atom is -0.479 e. The predicted molar refractivity (Wildman–Crippen MR) is 147 cm³/mol. The Labute approximate surface area is 231 Å². The Bertz CT molecular complexity index is 1580. The van der Waals surface area contributed by atoms with E-state index in [1.807, 2.05) is 30.3 Å². The molecule has 2 N–H and O–H groups in total. The van der Waals surface area contributed by atoms with Crippen LogP contribution in [-0.4, -0.2) is 43.1 Å². The van der Waals surface area contributed by atoms with Crippen LogP contribution in [0.1, 0.15) is 62.4 Å². The first-order valence-electron chi connectivity index (χ1n) is 12.8. The van der Waals surface area contributed by atoms with Crippen LogP contribution in [0.3, 0.4) is 0 Å². The van der Waals surface area contributed by atoms with Gasteiger partial charge < -0.3 is 24.6 Å². The molecule has 5 rings (SSSR count). The lowest BCUT2D eigenvalue weighted by Crippen LogP contribution is -2.31. The van der Waals surface area contributed by atoms with Crippen LogP contribution in [-0.2, 0) is 9.53 Å². The number of ketones is 1. The molecule has 3 heterocycles. The minimum atomic E-state index is -0.924. The molecule has 11 heteroatoms. The number of esters is 1. The normalized spacial score (nSPS) is 14.7. The number of anilines is 3. The molecule has 2 aromatic heterocycles. The van der Waals surface area contributed by atoms with Gasteiger partial charge in [-0.15, -0.1) is 0 Å². The van der Waals surface area contributed by atoms with Gasteiger partial charge in [-0.05, 0) is 59.2 Å². The third kappa shape index (κ3) is 5.63. The van der Waals surface area contributed by atoms with Crippen molar-refractivity contribution in [1.82, 2.24) is 20.1 Å². The SMILES string of the molecule is Cc1noc(-c2cnc(Nc3ccc4c(c3)OC(C)(C)C4=O)nc2N[C@H](C(=O)OC(C)(C)C)c2ccccc2)n1. The zero-order chi connectivity index (χ0) is 28.7. The maximum atomic E-state index is 13.3. The largest absolute Gasteiger partial charge is 0.479 e. The highest BCUT2D eigenvalue weighted by Gasteiger charge is 2.39. The third-order valence-electron chi connectivity index (χ3n) is 6.00. The van der Waals surface area contributed by atoms with Gasteiger partial charge in [0.1, 0.15) is 22.7 Å². The van der Waals surface area contributed by atoms with Crippen LogP contribution in [0.4, 0.5) is 17.5 Å². The van der Waals surface area contributed by atoms with Gasteiger partial charge in [0.25, 0.3) is 5.89 Å². The van der Waals surface area contributed by atoms with E-state index in [4.69, 9.17) is 14.0 Å². The molecule has 1 aliphatic rings. The molecule has 1 atom stereocenters. The Kier molecular flexibility index (Phi) is 6.74. The van der Waals surface area contributed by atoms with E-state index in [-0.39, 0.29) is 23.4 Å². The number of nitrogens with one attached hydrogen (secondary N) is 2. The molecule has 0 aliphatic carbocycles. The zero-order valence-corrected chi connectivity index (χ0v) is 23.1. The molecular formula is C29H30N6O5. The van der Waals surface area contributed by atoms with Crippen LogP contribution in [0, 0.1) is 6.92 Å². The van der Waals surface area contributed by atoms with Crippen molar-refractivity contribution < 1.29 is 23.6 Å². The lowest BCUT2D eigenvalue weighted by atomic mass is 10.00. The summed E-state index contributed by atoms with van der Waals surface area (Å²) in [5.74, 6) is 1.04. The number of carbonyl (C=O) groups is 2. The maximum absolute atomic E-state index is 13.3. The fourth-order valence-corrected chi connectivity index (χ4v) is 4.18. The lowest BCUT2D eigenvalue weighted by Gasteiger charge is -2.25.